The Labute approximate surface area is 190 Å². The molecule has 0 aromatic heterocycles. The van der Waals surface area contributed by atoms with Gasteiger partial charge in [0.25, 0.3) is 0 Å². The van der Waals surface area contributed by atoms with Crippen LogP contribution in [-0.4, -0.2) is 44.2 Å². The maximum absolute atomic E-state index is 12.0. The van der Waals surface area contributed by atoms with Gasteiger partial charge < -0.3 is 26.2 Å². The van der Waals surface area contributed by atoms with Gasteiger partial charge in [-0.25, -0.2) is 4.79 Å². The van der Waals surface area contributed by atoms with Crippen molar-refractivity contribution in [2.24, 2.45) is 0 Å². The summed E-state index contributed by atoms with van der Waals surface area (Å²) in [7, 11) is 4.46. The largest absolute Gasteiger partial charge is 1.00 e. The van der Waals surface area contributed by atoms with Crippen LogP contribution in [0.1, 0.15) is 94.3 Å². The van der Waals surface area contributed by atoms with Gasteiger partial charge in [-0.05, 0) is 25.0 Å². The Balaban J connectivity index is 0.00000784. The molecule has 0 amide bonds. The molecule has 0 N–H and O–H groups in total. The van der Waals surface area contributed by atoms with E-state index in [2.05, 4.69) is 21.0 Å². The van der Waals surface area contributed by atoms with Crippen molar-refractivity contribution in [1.29, 1.82) is 0 Å². The molecular weight excluding hydrogens is 426 g/mol. The van der Waals surface area contributed by atoms with E-state index in [1.165, 1.54) is 77.0 Å². The van der Waals surface area contributed by atoms with Crippen molar-refractivity contribution in [3.8, 4) is 0 Å². The summed E-state index contributed by atoms with van der Waals surface area (Å²) >= 11 is 0. The first-order valence-electron chi connectivity index (χ1n) is 11.6. The molecule has 4 heteroatoms. The molecule has 0 spiro atoms. The lowest BCUT2D eigenvalue weighted by atomic mass is 10.1. The molecule has 168 valence electrons. The van der Waals surface area contributed by atoms with E-state index in [0.29, 0.717) is 12.2 Å². The van der Waals surface area contributed by atoms with E-state index in [4.69, 9.17) is 4.74 Å². The van der Waals surface area contributed by atoms with E-state index in [0.717, 1.165) is 17.6 Å². The Bertz CT molecular complexity index is 505. The standard InChI is InChI=1S/C25H44NO2.BrH/c1-4-5-6-7-8-9-10-11-12-13-14-18-21-26(2,3)22-23-28-25(27)24-19-16-15-17-20-24;/h15-17,19-20H,4-14,18,21-23H2,1-3H3;1H/q+1;/p-1. The molecule has 0 unspecified atom stereocenters. The number of nitrogens with zero attached hydrogens (tertiary/aromatic N) is 1. The summed E-state index contributed by atoms with van der Waals surface area (Å²) in [5.41, 5.74) is 0.633. The van der Waals surface area contributed by atoms with Gasteiger partial charge in [0.1, 0.15) is 13.2 Å². The molecule has 0 aliphatic carbocycles. The molecule has 0 aliphatic rings. The molecule has 3 nitrogen and oxygen atoms in total. The zero-order valence-electron chi connectivity index (χ0n) is 19.1. The molecule has 0 aliphatic heterocycles. The van der Waals surface area contributed by atoms with E-state index in [1.807, 2.05) is 18.2 Å². The molecule has 0 radical (unpaired) electrons. The quantitative estimate of drug-likeness (QED) is 0.198. The molecule has 0 bridgehead atoms. The van der Waals surface area contributed by atoms with Gasteiger partial charge in [0.2, 0.25) is 0 Å². The fourth-order valence-corrected chi connectivity index (χ4v) is 3.54. The number of rotatable bonds is 17. The van der Waals surface area contributed by atoms with Gasteiger partial charge in [-0.1, -0.05) is 89.3 Å². The Morgan fingerprint density at radius 2 is 1.24 bits per heavy atom. The smallest absolute Gasteiger partial charge is 0.338 e. The number of unbranched alkanes of at least 4 members (excludes halogenated alkanes) is 11. The minimum Gasteiger partial charge on any atom is -1.00 e. The number of carbonyl (C=O) groups is 1. The summed E-state index contributed by atoms with van der Waals surface area (Å²) in [5.74, 6) is -0.217. The molecule has 1 aromatic carbocycles. The van der Waals surface area contributed by atoms with Crippen LogP contribution in [0.5, 0.6) is 0 Å². The predicted molar refractivity (Wildman–Crippen MR) is 120 cm³/mol. The highest BCUT2D eigenvalue weighted by Gasteiger charge is 2.16. The molecule has 0 heterocycles. The highest BCUT2D eigenvalue weighted by atomic mass is 79.9. The highest BCUT2D eigenvalue weighted by Crippen LogP contribution is 2.13. The second kappa shape index (κ2) is 17.9. The lowest BCUT2D eigenvalue weighted by Crippen LogP contribution is -3.00. The van der Waals surface area contributed by atoms with E-state index >= 15 is 0 Å². The van der Waals surface area contributed by atoms with Gasteiger partial charge >= 0.3 is 5.97 Å². The average Bonchev–Trinajstić information content (AvgIpc) is 2.69. The predicted octanol–water partition coefficient (Wildman–Crippen LogP) is 3.62. The van der Waals surface area contributed by atoms with Crippen LogP contribution in [0.2, 0.25) is 0 Å². The first-order chi connectivity index (χ1) is 13.5. The summed E-state index contributed by atoms with van der Waals surface area (Å²) in [6.45, 7) is 4.79. The minimum atomic E-state index is -0.217. The van der Waals surface area contributed by atoms with Crippen molar-refractivity contribution in [2.45, 2.75) is 84.0 Å². The number of ether oxygens (including phenoxy) is 1. The van der Waals surface area contributed by atoms with Gasteiger partial charge in [0.15, 0.2) is 0 Å². The summed E-state index contributed by atoms with van der Waals surface area (Å²) in [5, 5.41) is 0. The number of esters is 1. The first-order valence-corrected chi connectivity index (χ1v) is 11.6. The van der Waals surface area contributed by atoms with Gasteiger partial charge in [0, 0.05) is 0 Å². The normalized spacial score (nSPS) is 11.1. The number of benzene rings is 1. The Morgan fingerprint density at radius 3 is 1.76 bits per heavy atom. The number of halogens is 1. The van der Waals surface area contributed by atoms with E-state index < -0.39 is 0 Å². The number of hydrogen-bond acceptors (Lipinski definition) is 2. The molecule has 1 rings (SSSR count). The topological polar surface area (TPSA) is 26.3 Å². The lowest BCUT2D eigenvalue weighted by molar-refractivity contribution is -0.890. The van der Waals surface area contributed by atoms with E-state index in [9.17, 15) is 4.79 Å². The number of quaternary nitrogens is 1. The van der Waals surface area contributed by atoms with Crippen LogP contribution < -0.4 is 17.0 Å². The number of hydrogen-bond donors (Lipinski definition) is 0. The Hall–Kier alpha value is -0.870. The summed E-state index contributed by atoms with van der Waals surface area (Å²) in [6.07, 6.45) is 16.6. The lowest BCUT2D eigenvalue weighted by Gasteiger charge is -2.29. The molecule has 0 fully saturated rings. The second-order valence-corrected chi connectivity index (χ2v) is 8.77. The highest BCUT2D eigenvalue weighted by molar-refractivity contribution is 5.89. The third kappa shape index (κ3) is 15.6. The average molecular weight is 471 g/mol. The maximum atomic E-state index is 12.0. The first kappa shape index (κ1) is 28.1. The molecule has 1 aromatic rings. The maximum Gasteiger partial charge on any atom is 0.338 e. The second-order valence-electron chi connectivity index (χ2n) is 8.77. The summed E-state index contributed by atoms with van der Waals surface area (Å²) < 4.78 is 6.34. The molecular formula is C25H44BrNO2. The van der Waals surface area contributed by atoms with Crippen LogP contribution in [0.3, 0.4) is 0 Å². The van der Waals surface area contributed by atoms with Gasteiger partial charge in [-0.2, -0.15) is 0 Å². The monoisotopic (exact) mass is 469 g/mol. The van der Waals surface area contributed by atoms with E-state index in [-0.39, 0.29) is 23.0 Å². The fourth-order valence-electron chi connectivity index (χ4n) is 3.54. The SMILES string of the molecule is CCCCCCCCCCCCCC[N+](C)(C)CCOC(=O)c1ccccc1.[Br-]. The zero-order valence-corrected chi connectivity index (χ0v) is 20.7. The van der Waals surface area contributed by atoms with Crippen molar-refractivity contribution in [2.75, 3.05) is 33.8 Å². The van der Waals surface area contributed by atoms with Crippen molar-refractivity contribution in [3.63, 3.8) is 0 Å². The van der Waals surface area contributed by atoms with Gasteiger partial charge in [-0.3, -0.25) is 0 Å². The van der Waals surface area contributed by atoms with Crippen molar-refractivity contribution >= 4 is 5.97 Å². The van der Waals surface area contributed by atoms with Crippen LogP contribution in [0.15, 0.2) is 30.3 Å². The minimum absolute atomic E-state index is 0. The van der Waals surface area contributed by atoms with Crippen molar-refractivity contribution in [3.05, 3.63) is 35.9 Å². The molecule has 0 atom stereocenters. The fraction of sp³-hybridized carbons (Fsp3) is 0.720. The van der Waals surface area contributed by atoms with E-state index in [1.54, 1.807) is 12.1 Å². The van der Waals surface area contributed by atoms with Crippen LogP contribution in [-0.2, 0) is 4.74 Å². The van der Waals surface area contributed by atoms with Crippen molar-refractivity contribution in [1.82, 2.24) is 0 Å². The zero-order chi connectivity index (χ0) is 20.5. The van der Waals surface area contributed by atoms with Crippen LogP contribution in [0, 0.1) is 0 Å². The van der Waals surface area contributed by atoms with Gasteiger partial charge in [-0.15, -0.1) is 0 Å². The summed E-state index contributed by atoms with van der Waals surface area (Å²) in [4.78, 5) is 12.0. The summed E-state index contributed by atoms with van der Waals surface area (Å²) in [6, 6.07) is 9.24. The van der Waals surface area contributed by atoms with Gasteiger partial charge in [0.05, 0.1) is 26.2 Å². The number of carbonyl (C=O) groups excluding carboxylic acids is 1. The Kier molecular flexibility index (Phi) is 17.4. The third-order valence-electron chi connectivity index (χ3n) is 5.56. The molecule has 0 saturated carbocycles. The van der Waals surface area contributed by atoms with Crippen molar-refractivity contribution < 1.29 is 31.0 Å². The third-order valence-corrected chi connectivity index (χ3v) is 5.56. The van der Waals surface area contributed by atoms with Crippen LogP contribution >= 0.6 is 0 Å². The Morgan fingerprint density at radius 1 is 0.759 bits per heavy atom. The van der Waals surface area contributed by atoms with Crippen LogP contribution in [0.25, 0.3) is 0 Å². The molecule has 29 heavy (non-hydrogen) atoms. The molecule has 0 saturated heterocycles. The number of likely N-dealkylation sites (N-methyl/N-ethyl adjacent to an activating group) is 1. The van der Waals surface area contributed by atoms with Crippen LogP contribution in [0.4, 0.5) is 0 Å².